The Labute approximate surface area is 126 Å². The number of carbonyl (C=O) groups is 1. The first kappa shape index (κ1) is 16.6. The fourth-order valence-corrected chi connectivity index (χ4v) is 2.91. The van der Waals surface area contributed by atoms with Crippen molar-refractivity contribution in [1.29, 1.82) is 5.26 Å². The predicted octanol–water partition coefficient (Wildman–Crippen LogP) is 1.34. The molecule has 1 aromatic heterocycles. The van der Waals surface area contributed by atoms with E-state index >= 15 is 0 Å². The number of thioether (sulfide) groups is 2. The summed E-state index contributed by atoms with van der Waals surface area (Å²) in [5.41, 5.74) is 7.27. The smallest absolute Gasteiger partial charge is 0.241 e. The van der Waals surface area contributed by atoms with Gasteiger partial charge >= 0.3 is 0 Å². The van der Waals surface area contributed by atoms with E-state index < -0.39 is 11.8 Å². The average Bonchev–Trinajstić information content (AvgIpc) is 2.82. The summed E-state index contributed by atoms with van der Waals surface area (Å²) in [6.45, 7) is 2.53. The SMILES string of the molecule is CSC(=NCCSCc1nc[nH]c1C)C(C#N)C(N)=O. The number of hydrogen-bond acceptors (Lipinski definition) is 6. The van der Waals surface area contributed by atoms with Gasteiger partial charge in [-0.25, -0.2) is 4.98 Å². The molecule has 0 bridgehead atoms. The number of aliphatic imine (C=N–C) groups is 1. The second-order valence-corrected chi connectivity index (χ2v) is 5.85. The van der Waals surface area contributed by atoms with Crippen LogP contribution in [-0.2, 0) is 10.5 Å². The Bertz CT molecular complexity index is 520. The average molecular weight is 311 g/mol. The van der Waals surface area contributed by atoms with E-state index in [1.54, 1.807) is 24.3 Å². The lowest BCUT2D eigenvalue weighted by molar-refractivity contribution is -0.118. The van der Waals surface area contributed by atoms with Crippen molar-refractivity contribution >= 4 is 34.5 Å². The van der Waals surface area contributed by atoms with Crippen molar-refractivity contribution in [2.45, 2.75) is 12.7 Å². The molecule has 1 unspecified atom stereocenters. The molecule has 108 valence electrons. The lowest BCUT2D eigenvalue weighted by atomic mass is 10.2. The molecule has 0 aliphatic heterocycles. The number of aryl methyl sites for hydroxylation is 1. The highest BCUT2D eigenvalue weighted by atomic mass is 32.2. The zero-order valence-electron chi connectivity index (χ0n) is 11.4. The Hall–Kier alpha value is -1.46. The summed E-state index contributed by atoms with van der Waals surface area (Å²) >= 11 is 3.00. The van der Waals surface area contributed by atoms with Gasteiger partial charge in [0.2, 0.25) is 5.91 Å². The fourth-order valence-electron chi connectivity index (χ4n) is 1.44. The summed E-state index contributed by atoms with van der Waals surface area (Å²) in [6, 6.07) is 1.88. The number of aromatic nitrogens is 2. The monoisotopic (exact) mass is 311 g/mol. The number of nitriles is 1. The van der Waals surface area contributed by atoms with E-state index in [1.807, 2.05) is 13.0 Å². The number of hydrogen-bond donors (Lipinski definition) is 2. The van der Waals surface area contributed by atoms with E-state index in [4.69, 9.17) is 11.0 Å². The third-order valence-corrected chi connectivity index (χ3v) is 4.28. The van der Waals surface area contributed by atoms with Gasteiger partial charge in [0.25, 0.3) is 0 Å². The lowest BCUT2D eigenvalue weighted by Crippen LogP contribution is -2.27. The van der Waals surface area contributed by atoms with Gasteiger partial charge in [0.05, 0.1) is 23.1 Å². The standard InChI is InChI=1S/C12H17N5OS2/c1-8-10(17-7-16-8)6-20-4-3-15-12(19-2)9(5-13)11(14)18/h7,9H,3-4,6H2,1-2H3,(H2,14,18)(H,16,17). The van der Waals surface area contributed by atoms with Gasteiger partial charge in [-0.05, 0) is 13.2 Å². The number of amides is 1. The molecule has 6 nitrogen and oxygen atoms in total. The zero-order chi connectivity index (χ0) is 15.0. The van der Waals surface area contributed by atoms with E-state index in [0.29, 0.717) is 11.6 Å². The van der Waals surface area contributed by atoms with Crippen LogP contribution in [0.4, 0.5) is 0 Å². The number of imidazole rings is 1. The summed E-state index contributed by atoms with van der Waals surface area (Å²) in [4.78, 5) is 22.6. The fraction of sp³-hybridized carbons (Fsp3) is 0.500. The second-order valence-electron chi connectivity index (χ2n) is 3.92. The number of carbonyl (C=O) groups excluding carboxylic acids is 1. The van der Waals surface area contributed by atoms with Crippen LogP contribution in [0, 0.1) is 24.2 Å². The first-order valence-corrected chi connectivity index (χ1v) is 8.32. The summed E-state index contributed by atoms with van der Waals surface area (Å²) in [5.74, 6) is 0.0218. The van der Waals surface area contributed by atoms with Gasteiger partial charge in [-0.15, -0.1) is 11.8 Å². The van der Waals surface area contributed by atoms with Crippen molar-refractivity contribution in [2.75, 3.05) is 18.6 Å². The number of H-pyrrole nitrogens is 1. The molecule has 1 rings (SSSR count). The van der Waals surface area contributed by atoms with Crippen molar-refractivity contribution in [3.05, 3.63) is 17.7 Å². The highest BCUT2D eigenvalue weighted by molar-refractivity contribution is 8.13. The Morgan fingerprint density at radius 3 is 2.95 bits per heavy atom. The lowest BCUT2D eigenvalue weighted by Gasteiger charge is -2.06. The van der Waals surface area contributed by atoms with Crippen LogP contribution in [-0.4, -0.2) is 39.5 Å². The maximum Gasteiger partial charge on any atom is 0.241 e. The van der Waals surface area contributed by atoms with Crippen molar-refractivity contribution in [3.8, 4) is 6.07 Å². The number of rotatable bonds is 7. The molecule has 0 saturated heterocycles. The minimum atomic E-state index is -0.941. The number of primary amides is 1. The van der Waals surface area contributed by atoms with Crippen LogP contribution >= 0.6 is 23.5 Å². The highest BCUT2D eigenvalue weighted by Gasteiger charge is 2.20. The minimum absolute atomic E-state index is 0.483. The quantitative estimate of drug-likeness (QED) is 0.449. The van der Waals surface area contributed by atoms with Gasteiger partial charge in [-0.3, -0.25) is 9.79 Å². The molecular weight excluding hydrogens is 294 g/mol. The first-order chi connectivity index (χ1) is 9.60. The van der Waals surface area contributed by atoms with Crippen LogP contribution in [0.3, 0.4) is 0 Å². The highest BCUT2D eigenvalue weighted by Crippen LogP contribution is 2.14. The van der Waals surface area contributed by atoms with Crippen molar-refractivity contribution in [2.24, 2.45) is 16.6 Å². The Morgan fingerprint density at radius 2 is 2.45 bits per heavy atom. The van der Waals surface area contributed by atoms with E-state index in [0.717, 1.165) is 22.9 Å². The largest absolute Gasteiger partial charge is 0.368 e. The van der Waals surface area contributed by atoms with E-state index in [1.165, 1.54) is 11.8 Å². The molecule has 0 saturated carbocycles. The van der Waals surface area contributed by atoms with Crippen molar-refractivity contribution in [1.82, 2.24) is 9.97 Å². The Morgan fingerprint density at radius 1 is 1.70 bits per heavy atom. The summed E-state index contributed by atoms with van der Waals surface area (Å²) < 4.78 is 0. The number of nitrogens with one attached hydrogen (secondary N) is 1. The maximum absolute atomic E-state index is 11.1. The normalized spacial score (nSPS) is 12.9. The van der Waals surface area contributed by atoms with Gasteiger partial charge in [-0.1, -0.05) is 0 Å². The van der Waals surface area contributed by atoms with Crippen molar-refractivity contribution in [3.63, 3.8) is 0 Å². The molecule has 1 atom stereocenters. The molecule has 0 spiro atoms. The summed E-state index contributed by atoms with van der Waals surface area (Å²) in [7, 11) is 0. The van der Waals surface area contributed by atoms with Gasteiger partial charge in [0.1, 0.15) is 0 Å². The van der Waals surface area contributed by atoms with Gasteiger partial charge < -0.3 is 10.7 Å². The number of nitrogens with zero attached hydrogens (tertiary/aromatic N) is 3. The molecule has 0 fully saturated rings. The van der Waals surface area contributed by atoms with Gasteiger partial charge in [0, 0.05) is 23.7 Å². The van der Waals surface area contributed by atoms with Crippen LogP contribution in [0.1, 0.15) is 11.4 Å². The van der Waals surface area contributed by atoms with Crippen molar-refractivity contribution < 1.29 is 4.79 Å². The molecule has 8 heteroatoms. The predicted molar refractivity (Wildman–Crippen MR) is 83.6 cm³/mol. The molecule has 1 heterocycles. The van der Waals surface area contributed by atoms with Gasteiger partial charge in [0.15, 0.2) is 5.92 Å². The third kappa shape index (κ3) is 4.90. The Kier molecular flexibility index (Phi) is 7.18. The second kappa shape index (κ2) is 8.66. The topological polar surface area (TPSA) is 108 Å². The molecule has 0 aliphatic rings. The molecule has 0 radical (unpaired) electrons. The minimum Gasteiger partial charge on any atom is -0.368 e. The molecule has 1 aromatic rings. The summed E-state index contributed by atoms with van der Waals surface area (Å²) in [6.07, 6.45) is 3.46. The van der Waals surface area contributed by atoms with E-state index in [-0.39, 0.29) is 0 Å². The maximum atomic E-state index is 11.1. The molecule has 0 aliphatic carbocycles. The number of aromatic amines is 1. The first-order valence-electron chi connectivity index (χ1n) is 5.94. The van der Waals surface area contributed by atoms with Crippen LogP contribution in [0.2, 0.25) is 0 Å². The molecule has 0 aromatic carbocycles. The summed E-state index contributed by atoms with van der Waals surface area (Å²) in [5, 5.41) is 9.38. The molecule has 1 amide bonds. The molecule has 3 N–H and O–H groups in total. The molecular formula is C12H17N5OS2. The van der Waals surface area contributed by atoms with E-state index in [9.17, 15) is 4.79 Å². The third-order valence-electron chi connectivity index (χ3n) is 2.55. The number of nitrogens with two attached hydrogens (primary N) is 1. The van der Waals surface area contributed by atoms with Crippen LogP contribution in [0.15, 0.2) is 11.3 Å². The zero-order valence-corrected chi connectivity index (χ0v) is 13.1. The molecule has 20 heavy (non-hydrogen) atoms. The van der Waals surface area contributed by atoms with Crippen LogP contribution in [0.5, 0.6) is 0 Å². The van der Waals surface area contributed by atoms with E-state index in [2.05, 4.69) is 15.0 Å². The Balaban J connectivity index is 2.41. The van der Waals surface area contributed by atoms with Crippen LogP contribution < -0.4 is 5.73 Å². The van der Waals surface area contributed by atoms with Crippen LogP contribution in [0.25, 0.3) is 0 Å². The van der Waals surface area contributed by atoms with Gasteiger partial charge in [-0.2, -0.15) is 17.0 Å².